The van der Waals surface area contributed by atoms with Crippen LogP contribution in [-0.4, -0.2) is 38.3 Å². The number of nitrogens with one attached hydrogen (secondary N) is 1. The van der Waals surface area contributed by atoms with Crippen LogP contribution in [0.3, 0.4) is 0 Å². The van der Waals surface area contributed by atoms with E-state index in [1.165, 1.54) is 0 Å². The van der Waals surface area contributed by atoms with E-state index < -0.39 is 0 Å². The van der Waals surface area contributed by atoms with Crippen LogP contribution in [-0.2, 0) is 17.8 Å². The lowest BCUT2D eigenvalue weighted by atomic mass is 9.82. The van der Waals surface area contributed by atoms with Gasteiger partial charge in [-0.2, -0.15) is 5.10 Å². The van der Waals surface area contributed by atoms with Gasteiger partial charge in [0, 0.05) is 51.1 Å². The van der Waals surface area contributed by atoms with Crippen LogP contribution < -0.4 is 5.32 Å². The molecule has 8 heteroatoms. The largest absolute Gasteiger partial charge is 0.451 e. The minimum absolute atomic E-state index is 0.190. The van der Waals surface area contributed by atoms with Crippen LogP contribution in [0.15, 0.2) is 59.7 Å². The summed E-state index contributed by atoms with van der Waals surface area (Å²) in [5.41, 5.74) is 2.87. The number of ether oxygens (including phenoxy) is 1. The van der Waals surface area contributed by atoms with E-state index in [9.17, 15) is 4.79 Å². The summed E-state index contributed by atoms with van der Waals surface area (Å²) in [6.45, 7) is 5.12. The predicted octanol–water partition coefficient (Wildman–Crippen LogP) is 3.54. The van der Waals surface area contributed by atoms with E-state index >= 15 is 0 Å². The smallest absolute Gasteiger partial charge is 0.287 e. The van der Waals surface area contributed by atoms with Gasteiger partial charge in [0.15, 0.2) is 5.76 Å². The van der Waals surface area contributed by atoms with Gasteiger partial charge in [-0.3, -0.25) is 9.48 Å². The normalized spacial score (nSPS) is 15.9. The number of pyridine rings is 1. The third-order valence-electron chi connectivity index (χ3n) is 5.91. The Morgan fingerprint density at radius 2 is 2.10 bits per heavy atom. The first-order chi connectivity index (χ1) is 15.1. The molecule has 4 aromatic rings. The summed E-state index contributed by atoms with van der Waals surface area (Å²) in [7, 11) is 0. The number of nitrogens with zero attached hydrogens (tertiary/aromatic N) is 4. The Morgan fingerprint density at radius 1 is 1.23 bits per heavy atom. The van der Waals surface area contributed by atoms with Crippen molar-refractivity contribution in [1.29, 1.82) is 0 Å². The van der Waals surface area contributed by atoms with Crippen molar-refractivity contribution in [2.45, 2.75) is 32.9 Å². The van der Waals surface area contributed by atoms with Gasteiger partial charge in [0.25, 0.3) is 5.91 Å². The zero-order chi connectivity index (χ0) is 21.3. The van der Waals surface area contributed by atoms with Crippen LogP contribution in [0.5, 0.6) is 0 Å². The van der Waals surface area contributed by atoms with Crippen molar-refractivity contribution in [3.8, 4) is 11.3 Å². The molecule has 0 spiro atoms. The van der Waals surface area contributed by atoms with Gasteiger partial charge >= 0.3 is 0 Å². The SMILES string of the molecule is CC1(Cn2cc(-c3ccc(C(=O)NCc4ccn5ccnc5c4)o3)cn2)CCOCC1. The second-order valence-corrected chi connectivity index (χ2v) is 8.42. The molecule has 5 rings (SSSR count). The van der Waals surface area contributed by atoms with Crippen LogP contribution in [0.25, 0.3) is 17.0 Å². The number of amides is 1. The first-order valence-electron chi connectivity index (χ1n) is 10.5. The van der Waals surface area contributed by atoms with E-state index in [1.807, 2.05) is 45.9 Å². The van der Waals surface area contributed by atoms with Gasteiger partial charge in [-0.25, -0.2) is 4.98 Å². The second kappa shape index (κ2) is 8.03. The van der Waals surface area contributed by atoms with Gasteiger partial charge in [-0.1, -0.05) is 6.92 Å². The van der Waals surface area contributed by atoms with Gasteiger partial charge in [0.1, 0.15) is 11.4 Å². The molecular weight excluding hydrogens is 394 g/mol. The molecule has 0 aromatic carbocycles. The zero-order valence-electron chi connectivity index (χ0n) is 17.5. The van der Waals surface area contributed by atoms with E-state index in [-0.39, 0.29) is 17.1 Å². The van der Waals surface area contributed by atoms with Crippen molar-refractivity contribution in [3.05, 3.63) is 66.6 Å². The molecule has 0 aliphatic carbocycles. The van der Waals surface area contributed by atoms with Gasteiger partial charge < -0.3 is 18.9 Å². The standard InChI is InChI=1S/C23H25N5O3/c1-23(5-10-30-11-6-23)16-28-15-18(14-26-28)19-2-3-20(31-19)22(29)25-13-17-4-8-27-9-7-24-21(27)12-17/h2-4,7-9,12,14-15H,5-6,10-11,13,16H2,1H3,(H,25,29). The highest BCUT2D eigenvalue weighted by atomic mass is 16.5. The molecular formula is C23H25N5O3. The van der Waals surface area contributed by atoms with Gasteiger partial charge in [-0.05, 0) is 48.1 Å². The number of furan rings is 1. The molecule has 1 amide bonds. The predicted molar refractivity (Wildman–Crippen MR) is 114 cm³/mol. The number of carbonyl (C=O) groups is 1. The van der Waals surface area contributed by atoms with Crippen molar-refractivity contribution in [3.63, 3.8) is 0 Å². The molecule has 1 N–H and O–H groups in total. The molecule has 0 bridgehead atoms. The maximum atomic E-state index is 12.5. The summed E-state index contributed by atoms with van der Waals surface area (Å²) < 4.78 is 15.2. The molecule has 31 heavy (non-hydrogen) atoms. The van der Waals surface area contributed by atoms with Crippen LogP contribution in [0, 0.1) is 5.41 Å². The quantitative estimate of drug-likeness (QED) is 0.517. The average Bonchev–Trinajstić information content (AvgIpc) is 3.52. The number of carbonyl (C=O) groups excluding carboxylic acids is 1. The molecule has 1 fully saturated rings. The fourth-order valence-corrected chi connectivity index (χ4v) is 3.94. The lowest BCUT2D eigenvalue weighted by molar-refractivity contribution is 0.0138. The summed E-state index contributed by atoms with van der Waals surface area (Å²) in [5, 5.41) is 7.39. The molecule has 1 aliphatic rings. The Kier molecular flexibility index (Phi) is 5.07. The number of imidazole rings is 1. The lowest BCUT2D eigenvalue weighted by Crippen LogP contribution is -2.31. The number of aromatic nitrogens is 4. The maximum absolute atomic E-state index is 12.5. The molecule has 160 valence electrons. The molecule has 8 nitrogen and oxygen atoms in total. The molecule has 1 aliphatic heterocycles. The molecule has 0 unspecified atom stereocenters. The fourth-order valence-electron chi connectivity index (χ4n) is 3.94. The number of fused-ring (bicyclic) bond motifs is 1. The maximum Gasteiger partial charge on any atom is 0.287 e. The van der Waals surface area contributed by atoms with Crippen LogP contribution in [0.1, 0.15) is 35.9 Å². The van der Waals surface area contributed by atoms with Gasteiger partial charge in [0.05, 0.1) is 11.8 Å². The van der Waals surface area contributed by atoms with Crippen molar-refractivity contribution in [2.24, 2.45) is 5.41 Å². The highest BCUT2D eigenvalue weighted by molar-refractivity contribution is 5.92. The summed E-state index contributed by atoms with van der Waals surface area (Å²) in [6.07, 6.45) is 11.4. The van der Waals surface area contributed by atoms with E-state index in [1.54, 1.807) is 18.5 Å². The van der Waals surface area contributed by atoms with Crippen molar-refractivity contribution in [1.82, 2.24) is 24.5 Å². The lowest BCUT2D eigenvalue weighted by Gasteiger charge is -2.33. The Morgan fingerprint density at radius 3 is 2.97 bits per heavy atom. The number of hydrogen-bond acceptors (Lipinski definition) is 5. The third kappa shape index (κ3) is 4.25. The molecule has 1 saturated heterocycles. The van der Waals surface area contributed by atoms with Gasteiger partial charge in [-0.15, -0.1) is 0 Å². The van der Waals surface area contributed by atoms with Crippen LogP contribution >= 0.6 is 0 Å². The Labute approximate surface area is 179 Å². The van der Waals surface area contributed by atoms with Crippen LogP contribution in [0.2, 0.25) is 0 Å². The first kappa shape index (κ1) is 19.6. The third-order valence-corrected chi connectivity index (χ3v) is 5.91. The topological polar surface area (TPSA) is 86.6 Å². The average molecular weight is 419 g/mol. The Balaban J connectivity index is 1.22. The molecule has 0 saturated carbocycles. The molecule has 0 radical (unpaired) electrons. The van der Waals surface area contributed by atoms with E-state index in [0.717, 1.165) is 49.4 Å². The zero-order valence-corrected chi connectivity index (χ0v) is 17.5. The highest BCUT2D eigenvalue weighted by Gasteiger charge is 2.28. The summed E-state index contributed by atoms with van der Waals surface area (Å²) in [5.74, 6) is 0.657. The molecule has 0 atom stereocenters. The van der Waals surface area contributed by atoms with E-state index in [4.69, 9.17) is 9.15 Å². The second-order valence-electron chi connectivity index (χ2n) is 8.42. The van der Waals surface area contributed by atoms with Crippen molar-refractivity contribution in [2.75, 3.05) is 13.2 Å². The Bertz CT molecular complexity index is 1200. The number of hydrogen-bond donors (Lipinski definition) is 1. The van der Waals surface area contributed by atoms with Crippen LogP contribution in [0.4, 0.5) is 0 Å². The fraction of sp³-hybridized carbons (Fsp3) is 0.348. The highest BCUT2D eigenvalue weighted by Crippen LogP contribution is 2.32. The molecule has 4 aromatic heterocycles. The van der Waals surface area contributed by atoms with Gasteiger partial charge in [0.2, 0.25) is 0 Å². The monoisotopic (exact) mass is 419 g/mol. The van der Waals surface area contributed by atoms with Crippen molar-refractivity contribution < 1.29 is 13.9 Å². The summed E-state index contributed by atoms with van der Waals surface area (Å²) in [6, 6.07) is 7.40. The minimum Gasteiger partial charge on any atom is -0.451 e. The molecule has 5 heterocycles. The van der Waals surface area contributed by atoms with E-state index in [0.29, 0.717) is 12.3 Å². The summed E-state index contributed by atoms with van der Waals surface area (Å²) in [4.78, 5) is 16.8. The summed E-state index contributed by atoms with van der Waals surface area (Å²) >= 11 is 0. The Hall–Kier alpha value is -3.39. The van der Waals surface area contributed by atoms with Crippen molar-refractivity contribution >= 4 is 11.6 Å². The van der Waals surface area contributed by atoms with E-state index in [2.05, 4.69) is 22.3 Å². The number of rotatable bonds is 6. The first-order valence-corrected chi connectivity index (χ1v) is 10.5. The minimum atomic E-state index is -0.253.